The van der Waals surface area contributed by atoms with Gasteiger partial charge in [0.05, 0.1) is 5.69 Å². The number of piperidine rings is 1. The van der Waals surface area contributed by atoms with E-state index in [4.69, 9.17) is 17.3 Å². The van der Waals surface area contributed by atoms with Crippen LogP contribution in [0.5, 0.6) is 0 Å². The lowest BCUT2D eigenvalue weighted by Crippen LogP contribution is -2.40. The van der Waals surface area contributed by atoms with Gasteiger partial charge in [-0.05, 0) is 44.5 Å². The molecule has 2 rings (SSSR count). The van der Waals surface area contributed by atoms with E-state index < -0.39 is 0 Å². The average molecular weight is 254 g/mol. The molecule has 1 atom stereocenters. The van der Waals surface area contributed by atoms with Crippen LogP contribution in [-0.4, -0.2) is 29.0 Å². The zero-order chi connectivity index (χ0) is 12.1. The Morgan fingerprint density at radius 2 is 2.35 bits per heavy atom. The van der Waals surface area contributed by atoms with Crippen molar-refractivity contribution >= 4 is 11.6 Å². The first-order chi connectivity index (χ1) is 8.29. The maximum Gasteiger partial charge on any atom is 0.0558 e. The van der Waals surface area contributed by atoms with Crippen molar-refractivity contribution in [2.45, 2.75) is 38.3 Å². The minimum atomic E-state index is 0.620. The van der Waals surface area contributed by atoms with Gasteiger partial charge in [-0.2, -0.15) is 0 Å². The van der Waals surface area contributed by atoms with Crippen molar-refractivity contribution in [3.63, 3.8) is 0 Å². The van der Waals surface area contributed by atoms with Gasteiger partial charge in [0.2, 0.25) is 0 Å². The predicted molar refractivity (Wildman–Crippen MR) is 71.0 cm³/mol. The number of hydrogen-bond donors (Lipinski definition) is 1. The SMILES string of the molecule is NCCC1CCCCN1Cc1cc(Cl)ccn1. The normalized spacial score (nSPS) is 21.6. The van der Waals surface area contributed by atoms with Gasteiger partial charge in [-0.1, -0.05) is 18.0 Å². The molecule has 2 heterocycles. The highest BCUT2D eigenvalue weighted by molar-refractivity contribution is 6.30. The van der Waals surface area contributed by atoms with Gasteiger partial charge in [-0.3, -0.25) is 9.88 Å². The molecule has 1 saturated heterocycles. The molecule has 0 aromatic carbocycles. The topological polar surface area (TPSA) is 42.1 Å². The first-order valence-electron chi connectivity index (χ1n) is 6.34. The van der Waals surface area contributed by atoms with Crippen LogP contribution in [0.1, 0.15) is 31.4 Å². The summed E-state index contributed by atoms with van der Waals surface area (Å²) in [6, 6.07) is 4.39. The van der Waals surface area contributed by atoms with E-state index in [2.05, 4.69) is 9.88 Å². The summed E-state index contributed by atoms with van der Waals surface area (Å²) in [5.41, 5.74) is 6.73. The molecule has 1 aromatic heterocycles. The molecule has 4 heteroatoms. The Morgan fingerprint density at radius 1 is 1.47 bits per heavy atom. The number of halogens is 1. The fraction of sp³-hybridized carbons (Fsp3) is 0.615. The van der Waals surface area contributed by atoms with Crippen molar-refractivity contribution < 1.29 is 0 Å². The second-order valence-electron chi connectivity index (χ2n) is 4.66. The highest BCUT2D eigenvalue weighted by Crippen LogP contribution is 2.21. The van der Waals surface area contributed by atoms with Crippen molar-refractivity contribution in [1.29, 1.82) is 0 Å². The lowest BCUT2D eigenvalue weighted by molar-refractivity contribution is 0.132. The minimum Gasteiger partial charge on any atom is -0.330 e. The van der Waals surface area contributed by atoms with Crippen LogP contribution < -0.4 is 5.73 Å². The molecule has 1 aromatic rings. The summed E-state index contributed by atoms with van der Waals surface area (Å²) in [6.07, 6.45) is 6.73. The summed E-state index contributed by atoms with van der Waals surface area (Å²) in [5, 5.41) is 0.766. The number of rotatable bonds is 4. The van der Waals surface area contributed by atoms with Crippen LogP contribution in [0.3, 0.4) is 0 Å². The maximum atomic E-state index is 5.98. The molecule has 1 fully saturated rings. The number of aromatic nitrogens is 1. The maximum absolute atomic E-state index is 5.98. The summed E-state index contributed by atoms with van der Waals surface area (Å²) < 4.78 is 0. The van der Waals surface area contributed by atoms with Crippen LogP contribution in [0.4, 0.5) is 0 Å². The molecule has 0 spiro atoms. The highest BCUT2D eigenvalue weighted by atomic mass is 35.5. The van der Waals surface area contributed by atoms with Gasteiger partial charge in [0.15, 0.2) is 0 Å². The van der Waals surface area contributed by atoms with Gasteiger partial charge in [-0.25, -0.2) is 0 Å². The number of nitrogens with zero attached hydrogens (tertiary/aromatic N) is 2. The second-order valence-corrected chi connectivity index (χ2v) is 5.10. The molecule has 17 heavy (non-hydrogen) atoms. The molecular weight excluding hydrogens is 234 g/mol. The smallest absolute Gasteiger partial charge is 0.0558 e. The molecule has 94 valence electrons. The summed E-state index contributed by atoms with van der Waals surface area (Å²) in [7, 11) is 0. The summed E-state index contributed by atoms with van der Waals surface area (Å²) in [4.78, 5) is 6.87. The Bertz CT molecular complexity index is 354. The summed E-state index contributed by atoms with van der Waals surface area (Å²) in [6.45, 7) is 2.81. The van der Waals surface area contributed by atoms with E-state index in [1.165, 1.54) is 19.3 Å². The number of pyridine rings is 1. The zero-order valence-corrected chi connectivity index (χ0v) is 10.9. The molecule has 0 radical (unpaired) electrons. The van der Waals surface area contributed by atoms with Gasteiger partial charge < -0.3 is 5.73 Å². The largest absolute Gasteiger partial charge is 0.330 e. The van der Waals surface area contributed by atoms with E-state index in [-0.39, 0.29) is 0 Å². The van der Waals surface area contributed by atoms with Crippen LogP contribution in [0.2, 0.25) is 5.02 Å². The molecule has 0 aliphatic carbocycles. The molecule has 0 amide bonds. The van der Waals surface area contributed by atoms with Crippen molar-refractivity contribution in [1.82, 2.24) is 9.88 Å². The van der Waals surface area contributed by atoms with Gasteiger partial charge in [0, 0.05) is 23.8 Å². The minimum absolute atomic E-state index is 0.620. The quantitative estimate of drug-likeness (QED) is 0.896. The monoisotopic (exact) mass is 253 g/mol. The highest BCUT2D eigenvalue weighted by Gasteiger charge is 2.21. The molecule has 1 unspecified atom stereocenters. The van der Waals surface area contributed by atoms with E-state index in [0.29, 0.717) is 6.04 Å². The van der Waals surface area contributed by atoms with Crippen molar-refractivity contribution in [2.24, 2.45) is 5.73 Å². The first kappa shape index (κ1) is 12.8. The number of likely N-dealkylation sites (tertiary alicyclic amines) is 1. The number of nitrogens with two attached hydrogens (primary N) is 1. The third-order valence-electron chi connectivity index (χ3n) is 3.39. The fourth-order valence-electron chi connectivity index (χ4n) is 2.53. The van der Waals surface area contributed by atoms with Crippen LogP contribution in [0.15, 0.2) is 18.3 Å². The third kappa shape index (κ3) is 3.66. The van der Waals surface area contributed by atoms with E-state index in [1.807, 2.05) is 12.1 Å². The Labute approximate surface area is 108 Å². The van der Waals surface area contributed by atoms with Crippen molar-refractivity contribution in [3.8, 4) is 0 Å². The van der Waals surface area contributed by atoms with Gasteiger partial charge in [-0.15, -0.1) is 0 Å². The molecule has 1 aliphatic heterocycles. The molecule has 0 saturated carbocycles. The Hall–Kier alpha value is -0.640. The van der Waals surface area contributed by atoms with E-state index in [0.717, 1.165) is 36.8 Å². The second kappa shape index (κ2) is 6.34. The van der Waals surface area contributed by atoms with Crippen LogP contribution in [-0.2, 0) is 6.54 Å². The third-order valence-corrected chi connectivity index (χ3v) is 3.63. The van der Waals surface area contributed by atoms with Gasteiger partial charge in [0.25, 0.3) is 0 Å². The predicted octanol–water partition coefficient (Wildman–Crippen LogP) is 2.44. The van der Waals surface area contributed by atoms with E-state index in [1.54, 1.807) is 6.20 Å². The van der Waals surface area contributed by atoms with E-state index in [9.17, 15) is 0 Å². The molecule has 2 N–H and O–H groups in total. The van der Waals surface area contributed by atoms with Crippen LogP contribution >= 0.6 is 11.6 Å². The van der Waals surface area contributed by atoms with Crippen molar-refractivity contribution in [2.75, 3.05) is 13.1 Å². The molecule has 3 nitrogen and oxygen atoms in total. The molecule has 1 aliphatic rings. The van der Waals surface area contributed by atoms with Crippen LogP contribution in [0.25, 0.3) is 0 Å². The Kier molecular flexibility index (Phi) is 4.77. The Morgan fingerprint density at radius 3 is 3.12 bits per heavy atom. The van der Waals surface area contributed by atoms with Crippen molar-refractivity contribution in [3.05, 3.63) is 29.0 Å². The molecule has 0 bridgehead atoms. The summed E-state index contributed by atoms with van der Waals surface area (Å²) in [5.74, 6) is 0. The fourth-order valence-corrected chi connectivity index (χ4v) is 2.71. The van der Waals surface area contributed by atoms with Gasteiger partial charge in [0.1, 0.15) is 0 Å². The lowest BCUT2D eigenvalue weighted by atomic mass is 9.99. The zero-order valence-electron chi connectivity index (χ0n) is 10.1. The van der Waals surface area contributed by atoms with E-state index >= 15 is 0 Å². The standard InChI is InChI=1S/C13H20ClN3/c14-11-5-7-16-12(9-11)10-17-8-2-1-3-13(17)4-6-15/h5,7,9,13H,1-4,6,8,10,15H2. The van der Waals surface area contributed by atoms with Gasteiger partial charge >= 0.3 is 0 Å². The lowest BCUT2D eigenvalue weighted by Gasteiger charge is -2.35. The number of hydrogen-bond acceptors (Lipinski definition) is 3. The Balaban J connectivity index is 2.00. The summed E-state index contributed by atoms with van der Waals surface area (Å²) >= 11 is 5.98. The average Bonchev–Trinajstić information content (AvgIpc) is 2.32. The first-order valence-corrected chi connectivity index (χ1v) is 6.72. The molecular formula is C13H20ClN3. The van der Waals surface area contributed by atoms with Crippen LogP contribution in [0, 0.1) is 0 Å².